The van der Waals surface area contributed by atoms with Crippen LogP contribution in [-0.2, 0) is 16.1 Å². The maximum absolute atomic E-state index is 14.0. The van der Waals surface area contributed by atoms with Crippen LogP contribution in [0.1, 0.15) is 36.6 Å². The van der Waals surface area contributed by atoms with Crippen molar-refractivity contribution in [3.8, 4) is 23.0 Å². The number of methoxy groups -OCH3 is 2. The second-order valence-corrected chi connectivity index (χ2v) is 11.1. The molecule has 0 spiro atoms. The lowest BCUT2D eigenvalue weighted by molar-refractivity contribution is -0.136. The van der Waals surface area contributed by atoms with Gasteiger partial charge in [-0.25, -0.2) is 14.2 Å². The largest absolute Gasteiger partial charge is 0.493 e. The number of benzene rings is 3. The molecule has 5 rings (SSSR count). The van der Waals surface area contributed by atoms with Crippen molar-refractivity contribution in [2.75, 3.05) is 27.4 Å². The molecule has 4 aromatic rings. The topological polar surface area (TPSA) is 97.6 Å². The van der Waals surface area contributed by atoms with Crippen molar-refractivity contribution in [2.45, 2.75) is 26.5 Å². The molecule has 1 aromatic heterocycles. The Balaban J connectivity index is 1.56. The Morgan fingerprint density at radius 2 is 1.73 bits per heavy atom. The van der Waals surface area contributed by atoms with Crippen LogP contribution >= 0.6 is 22.9 Å². The average molecular weight is 653 g/mol. The summed E-state index contributed by atoms with van der Waals surface area (Å²) in [4.78, 5) is 31.6. The predicted octanol–water partition coefficient (Wildman–Crippen LogP) is 5.20. The first-order valence-electron chi connectivity index (χ1n) is 14.0. The van der Waals surface area contributed by atoms with Crippen LogP contribution in [0.5, 0.6) is 23.0 Å². The van der Waals surface area contributed by atoms with Gasteiger partial charge in [0.25, 0.3) is 5.56 Å². The van der Waals surface area contributed by atoms with Crippen molar-refractivity contribution in [3.05, 3.63) is 114 Å². The molecule has 3 aromatic carbocycles. The van der Waals surface area contributed by atoms with Crippen LogP contribution < -0.4 is 33.8 Å². The molecule has 1 aliphatic heterocycles. The van der Waals surface area contributed by atoms with Gasteiger partial charge in [0.15, 0.2) is 27.8 Å². The number of hydrogen-bond donors (Lipinski definition) is 0. The number of aromatic nitrogens is 1. The van der Waals surface area contributed by atoms with Gasteiger partial charge in [-0.2, -0.15) is 0 Å². The minimum Gasteiger partial charge on any atom is -0.493 e. The Morgan fingerprint density at radius 3 is 2.42 bits per heavy atom. The van der Waals surface area contributed by atoms with E-state index in [2.05, 4.69) is 4.99 Å². The minimum absolute atomic E-state index is 0.146. The normalized spacial score (nSPS) is 14.2. The van der Waals surface area contributed by atoms with E-state index in [9.17, 15) is 14.0 Å². The Kier molecular flexibility index (Phi) is 9.90. The quantitative estimate of drug-likeness (QED) is 0.206. The number of fused-ring (bicyclic) bond motifs is 1. The maximum atomic E-state index is 14.0. The number of halogens is 2. The van der Waals surface area contributed by atoms with Crippen LogP contribution in [0.15, 0.2) is 76.2 Å². The molecule has 0 bridgehead atoms. The van der Waals surface area contributed by atoms with E-state index in [1.165, 1.54) is 37.1 Å². The summed E-state index contributed by atoms with van der Waals surface area (Å²) >= 11 is 7.76. The van der Waals surface area contributed by atoms with Gasteiger partial charge in [-0.05, 0) is 73.0 Å². The molecule has 12 heteroatoms. The highest BCUT2D eigenvalue weighted by Gasteiger charge is 2.31. The van der Waals surface area contributed by atoms with E-state index in [0.717, 1.165) is 16.9 Å². The number of esters is 1. The van der Waals surface area contributed by atoms with E-state index in [0.29, 0.717) is 56.7 Å². The lowest BCUT2D eigenvalue weighted by Gasteiger charge is -2.23. The SMILES string of the molecule is CCOc1ccc([C@H]2C(C(=O)OC)=CN=c3s/c(=C\c4cc(Cl)c(OCc5ccc(F)cc5)c(OC)c4)c(=O)n32)cc1OCC. The summed E-state index contributed by atoms with van der Waals surface area (Å²) in [5.74, 6) is 0.751. The van der Waals surface area contributed by atoms with Gasteiger partial charge in [-0.3, -0.25) is 9.36 Å². The van der Waals surface area contributed by atoms with Crippen LogP contribution in [0.4, 0.5) is 4.39 Å². The van der Waals surface area contributed by atoms with Gasteiger partial charge < -0.3 is 23.7 Å². The second kappa shape index (κ2) is 14.0. The Morgan fingerprint density at radius 1 is 1.00 bits per heavy atom. The molecule has 45 heavy (non-hydrogen) atoms. The molecule has 2 heterocycles. The predicted molar refractivity (Wildman–Crippen MR) is 169 cm³/mol. The number of carbonyl (C=O) groups is 1. The van der Waals surface area contributed by atoms with Gasteiger partial charge in [0.1, 0.15) is 12.4 Å². The average Bonchev–Trinajstić information content (AvgIpc) is 3.35. The summed E-state index contributed by atoms with van der Waals surface area (Å²) in [6.45, 7) is 4.72. The third-order valence-electron chi connectivity index (χ3n) is 6.85. The number of thiazole rings is 1. The summed E-state index contributed by atoms with van der Waals surface area (Å²) in [6.07, 6.45) is 3.10. The highest BCUT2D eigenvalue weighted by molar-refractivity contribution is 7.07. The first-order chi connectivity index (χ1) is 21.8. The Labute approximate surface area is 267 Å². The fourth-order valence-corrected chi connectivity index (χ4v) is 6.08. The van der Waals surface area contributed by atoms with Crippen LogP contribution in [-0.4, -0.2) is 38.0 Å². The lowest BCUT2D eigenvalue weighted by atomic mass is 9.97. The highest BCUT2D eigenvalue weighted by atomic mass is 35.5. The van der Waals surface area contributed by atoms with Crippen LogP contribution in [0.3, 0.4) is 0 Å². The van der Waals surface area contributed by atoms with E-state index in [4.69, 9.17) is 35.3 Å². The molecule has 0 saturated heterocycles. The van der Waals surface area contributed by atoms with Gasteiger partial charge >= 0.3 is 5.97 Å². The zero-order valence-corrected chi connectivity index (χ0v) is 26.5. The molecular formula is C33H30ClFN2O7S. The minimum atomic E-state index is -0.828. The monoisotopic (exact) mass is 652 g/mol. The second-order valence-electron chi connectivity index (χ2n) is 9.70. The standard InChI is InChI=1S/C33H30ClFN2O7S/c1-5-42-25-12-9-21(16-26(25)43-6-2)29-23(32(39)41-4)17-36-33-37(29)31(38)28(45-33)15-20-13-24(34)30(27(14-20)40-3)44-18-19-7-10-22(35)11-8-19/h7-17,29H,5-6,18H2,1-4H3/b28-15-/t29-/m0/s1. The molecule has 0 unspecified atom stereocenters. The summed E-state index contributed by atoms with van der Waals surface area (Å²) < 4.78 is 43.1. The van der Waals surface area contributed by atoms with E-state index < -0.39 is 12.0 Å². The van der Waals surface area contributed by atoms with Crippen molar-refractivity contribution in [1.29, 1.82) is 0 Å². The van der Waals surface area contributed by atoms with Gasteiger partial charge in [0, 0.05) is 6.20 Å². The van der Waals surface area contributed by atoms with Gasteiger partial charge in [0.05, 0.1) is 48.6 Å². The summed E-state index contributed by atoms with van der Waals surface area (Å²) in [5, 5.41) is 0.263. The molecule has 0 fully saturated rings. The molecule has 1 atom stereocenters. The zero-order chi connectivity index (χ0) is 32.1. The van der Waals surface area contributed by atoms with Crippen LogP contribution in [0, 0.1) is 5.82 Å². The number of hydrogen-bond acceptors (Lipinski definition) is 9. The summed E-state index contributed by atoms with van der Waals surface area (Å²) in [6, 6.07) is 13.8. The number of nitrogens with zero attached hydrogens (tertiary/aromatic N) is 2. The summed E-state index contributed by atoms with van der Waals surface area (Å²) in [7, 11) is 2.76. The zero-order valence-electron chi connectivity index (χ0n) is 25.0. The fraction of sp³-hybridized carbons (Fsp3) is 0.242. The number of ether oxygens (including phenoxy) is 5. The molecule has 0 N–H and O–H groups in total. The molecule has 9 nitrogen and oxygen atoms in total. The maximum Gasteiger partial charge on any atom is 0.337 e. The van der Waals surface area contributed by atoms with Gasteiger partial charge in [-0.15, -0.1) is 0 Å². The fourth-order valence-electron chi connectivity index (χ4n) is 4.84. The van der Waals surface area contributed by atoms with E-state index in [-0.39, 0.29) is 28.6 Å². The Hall–Kier alpha value is -4.61. The molecule has 0 aliphatic carbocycles. The van der Waals surface area contributed by atoms with Gasteiger partial charge in [-0.1, -0.05) is 41.1 Å². The van der Waals surface area contributed by atoms with Crippen molar-refractivity contribution in [2.24, 2.45) is 4.99 Å². The van der Waals surface area contributed by atoms with Crippen LogP contribution in [0.2, 0.25) is 5.02 Å². The Bertz CT molecular complexity index is 1940. The van der Waals surface area contributed by atoms with Crippen molar-refractivity contribution in [1.82, 2.24) is 4.57 Å². The number of carbonyl (C=O) groups excluding carboxylic acids is 1. The van der Waals surface area contributed by atoms with E-state index in [1.54, 1.807) is 48.5 Å². The highest BCUT2D eigenvalue weighted by Crippen LogP contribution is 2.38. The summed E-state index contributed by atoms with van der Waals surface area (Å²) in [5.41, 5.74) is 1.78. The third kappa shape index (κ3) is 6.74. The molecule has 0 radical (unpaired) electrons. The van der Waals surface area contributed by atoms with E-state index >= 15 is 0 Å². The van der Waals surface area contributed by atoms with Gasteiger partial charge in [0.2, 0.25) is 0 Å². The first kappa shape index (κ1) is 31.8. The van der Waals surface area contributed by atoms with Crippen molar-refractivity contribution < 1.29 is 32.9 Å². The van der Waals surface area contributed by atoms with Crippen molar-refractivity contribution >= 4 is 35.0 Å². The molecule has 234 valence electrons. The molecular weight excluding hydrogens is 623 g/mol. The third-order valence-corrected chi connectivity index (χ3v) is 8.13. The molecule has 1 aliphatic rings. The molecule has 0 saturated carbocycles. The van der Waals surface area contributed by atoms with Crippen molar-refractivity contribution in [3.63, 3.8) is 0 Å². The van der Waals surface area contributed by atoms with Crippen LogP contribution in [0.25, 0.3) is 6.08 Å². The molecule has 0 amide bonds. The van der Waals surface area contributed by atoms with E-state index in [1.807, 2.05) is 13.8 Å². The smallest absolute Gasteiger partial charge is 0.337 e. The number of rotatable bonds is 11. The first-order valence-corrected chi connectivity index (χ1v) is 15.2. The lowest BCUT2D eigenvalue weighted by Crippen LogP contribution is -2.39.